The van der Waals surface area contributed by atoms with Gasteiger partial charge < -0.3 is 0 Å². The smallest absolute Gasteiger partial charge is 0.0943 e. The highest BCUT2D eigenvalue weighted by Gasteiger charge is 1.87. The van der Waals surface area contributed by atoms with Crippen LogP contribution in [0.1, 0.15) is 0 Å². The van der Waals surface area contributed by atoms with Crippen LogP contribution in [0.5, 0.6) is 0 Å². The minimum absolute atomic E-state index is 0.370. The molecule has 0 aromatic carbocycles. The monoisotopic (exact) mass is 81.0 g/mol. The molecule has 1 aliphatic heterocycles. The van der Waals surface area contributed by atoms with E-state index in [9.17, 15) is 0 Å². The summed E-state index contributed by atoms with van der Waals surface area (Å²) < 4.78 is 0. The molecular weight excluding hydrogens is 78.1 g/mol. The third kappa shape index (κ3) is 0.337. The maximum Gasteiger partial charge on any atom is 0.0943 e. The Kier molecular flexibility index (Phi) is 0.538. The van der Waals surface area contributed by atoms with E-state index in [2.05, 4.69) is 10.2 Å². The van der Waals surface area contributed by atoms with Crippen LogP contribution in [0.2, 0.25) is 0 Å². The van der Waals surface area contributed by atoms with Gasteiger partial charge in [0.15, 0.2) is 0 Å². The summed E-state index contributed by atoms with van der Waals surface area (Å²) in [5.74, 6) is 0. The van der Waals surface area contributed by atoms with Crippen LogP contribution >= 0.6 is 0 Å². The zero-order chi connectivity index (χ0) is 4.41. The van der Waals surface area contributed by atoms with Gasteiger partial charge in [0.05, 0.1) is 18.1 Å². The molecule has 0 fully saturated rings. The molecule has 6 heavy (non-hydrogen) atoms. The van der Waals surface area contributed by atoms with Gasteiger partial charge in [-0.3, -0.25) is 5.41 Å². The summed E-state index contributed by atoms with van der Waals surface area (Å²) >= 11 is 0. The van der Waals surface area contributed by atoms with Gasteiger partial charge in [-0.15, -0.1) is 0 Å². The van der Waals surface area contributed by atoms with Crippen molar-refractivity contribution < 1.29 is 0 Å². The molecule has 1 aliphatic rings. The number of rotatable bonds is 0. The van der Waals surface area contributed by atoms with Crippen LogP contribution in [0.15, 0.2) is 10.2 Å². The minimum Gasteiger partial charge on any atom is -0.298 e. The van der Waals surface area contributed by atoms with Crippen molar-refractivity contribution in [3.8, 4) is 0 Å². The van der Waals surface area contributed by atoms with Gasteiger partial charge in [0.2, 0.25) is 0 Å². The van der Waals surface area contributed by atoms with Crippen molar-refractivity contribution in [2.45, 2.75) is 0 Å². The molecule has 0 aromatic heterocycles. The molecule has 30 valence electrons. The van der Waals surface area contributed by atoms with E-state index in [1.54, 1.807) is 0 Å². The van der Waals surface area contributed by atoms with E-state index in [4.69, 9.17) is 5.41 Å². The molecule has 0 bridgehead atoms. The Morgan fingerprint density at radius 3 is 2.00 bits per heavy atom. The second-order valence-corrected chi connectivity index (χ2v) is 0.944. The molecule has 0 spiro atoms. The van der Waals surface area contributed by atoms with Crippen molar-refractivity contribution >= 4 is 18.1 Å². The standard InChI is InChI=1S/C3H3N3/c4-3-1-5-6-2-3/h1-2,4H. The van der Waals surface area contributed by atoms with Crippen LogP contribution < -0.4 is 0 Å². The van der Waals surface area contributed by atoms with Crippen LogP contribution in [0.25, 0.3) is 0 Å². The van der Waals surface area contributed by atoms with Crippen LogP contribution in [0, 0.1) is 5.41 Å². The molecule has 0 saturated heterocycles. The average molecular weight is 81.1 g/mol. The fourth-order valence-corrected chi connectivity index (χ4v) is 0.224. The highest BCUT2D eigenvalue weighted by atomic mass is 15.2. The van der Waals surface area contributed by atoms with Gasteiger partial charge in [-0.1, -0.05) is 0 Å². The molecule has 0 amide bonds. The maximum absolute atomic E-state index is 6.75. The van der Waals surface area contributed by atoms with E-state index in [0.717, 1.165) is 0 Å². The molecule has 0 aliphatic carbocycles. The predicted molar refractivity (Wildman–Crippen MR) is 24.7 cm³/mol. The lowest BCUT2D eigenvalue weighted by Gasteiger charge is -1.62. The number of nitrogens with zero attached hydrogens (tertiary/aromatic N) is 2. The molecule has 0 atom stereocenters. The zero-order valence-electron chi connectivity index (χ0n) is 3.05. The van der Waals surface area contributed by atoms with E-state index < -0.39 is 0 Å². The maximum atomic E-state index is 6.75. The lowest BCUT2D eigenvalue weighted by atomic mass is 10.5. The highest BCUT2D eigenvalue weighted by Crippen LogP contribution is 1.76. The van der Waals surface area contributed by atoms with Crippen LogP contribution in [0.4, 0.5) is 0 Å². The van der Waals surface area contributed by atoms with Crippen LogP contribution in [-0.2, 0) is 0 Å². The Balaban J connectivity index is 2.86. The van der Waals surface area contributed by atoms with E-state index in [1.165, 1.54) is 12.4 Å². The molecule has 3 heteroatoms. The van der Waals surface area contributed by atoms with Gasteiger partial charge in [-0.25, -0.2) is 0 Å². The summed E-state index contributed by atoms with van der Waals surface area (Å²) in [6.07, 6.45) is 2.78. The van der Waals surface area contributed by atoms with Crippen LogP contribution in [-0.4, -0.2) is 18.1 Å². The summed E-state index contributed by atoms with van der Waals surface area (Å²) in [6.45, 7) is 0. The van der Waals surface area contributed by atoms with Gasteiger partial charge in [0.1, 0.15) is 0 Å². The number of hydrogen-bond donors (Lipinski definition) is 1. The van der Waals surface area contributed by atoms with Crippen molar-refractivity contribution in [1.29, 1.82) is 5.41 Å². The van der Waals surface area contributed by atoms with E-state index in [0.29, 0.717) is 5.71 Å². The second kappa shape index (κ2) is 1.01. The summed E-state index contributed by atoms with van der Waals surface area (Å²) in [5.41, 5.74) is 0.370. The first-order valence-corrected chi connectivity index (χ1v) is 1.54. The Bertz CT molecular complexity index is 108. The largest absolute Gasteiger partial charge is 0.298 e. The fraction of sp³-hybridized carbons (Fsp3) is 0. The van der Waals surface area contributed by atoms with Gasteiger partial charge in [0.25, 0.3) is 0 Å². The zero-order valence-corrected chi connectivity index (χ0v) is 3.05. The molecule has 1 heterocycles. The fourth-order valence-electron chi connectivity index (χ4n) is 0.224. The molecule has 1 rings (SSSR count). The lowest BCUT2D eigenvalue weighted by Crippen LogP contribution is -1.90. The molecule has 0 radical (unpaired) electrons. The molecular formula is C3H3N3. The minimum atomic E-state index is 0.370. The molecule has 0 aromatic rings. The van der Waals surface area contributed by atoms with E-state index in [-0.39, 0.29) is 0 Å². The summed E-state index contributed by atoms with van der Waals surface area (Å²) in [7, 11) is 0. The van der Waals surface area contributed by atoms with Gasteiger partial charge in [0, 0.05) is 0 Å². The van der Waals surface area contributed by atoms with Gasteiger partial charge >= 0.3 is 0 Å². The Labute approximate surface area is 34.9 Å². The van der Waals surface area contributed by atoms with Crippen LogP contribution in [0.3, 0.4) is 0 Å². The van der Waals surface area contributed by atoms with Crippen molar-refractivity contribution in [1.82, 2.24) is 0 Å². The van der Waals surface area contributed by atoms with Crippen molar-refractivity contribution in [2.24, 2.45) is 10.2 Å². The third-order valence-electron chi connectivity index (χ3n) is 0.460. The Morgan fingerprint density at radius 2 is 1.83 bits per heavy atom. The predicted octanol–water partition coefficient (Wildman–Crippen LogP) is 0.0764. The Morgan fingerprint density at radius 1 is 1.33 bits per heavy atom. The van der Waals surface area contributed by atoms with E-state index in [1.807, 2.05) is 0 Å². The Hall–Kier alpha value is -0.990. The molecule has 0 saturated carbocycles. The molecule has 3 nitrogen and oxygen atoms in total. The number of nitrogens with one attached hydrogen (secondary N) is 1. The summed E-state index contributed by atoms with van der Waals surface area (Å²) in [4.78, 5) is 0. The van der Waals surface area contributed by atoms with Gasteiger partial charge in [-0.05, 0) is 0 Å². The average Bonchev–Trinajstić information content (AvgIpc) is 1.86. The first kappa shape index (κ1) is 3.21. The summed E-state index contributed by atoms with van der Waals surface area (Å²) in [6, 6.07) is 0. The topological polar surface area (TPSA) is 48.6 Å². The van der Waals surface area contributed by atoms with E-state index >= 15 is 0 Å². The second-order valence-electron chi connectivity index (χ2n) is 0.944. The van der Waals surface area contributed by atoms with Crippen molar-refractivity contribution in [3.63, 3.8) is 0 Å². The van der Waals surface area contributed by atoms with Gasteiger partial charge in [-0.2, -0.15) is 10.2 Å². The third-order valence-corrected chi connectivity index (χ3v) is 0.460. The lowest BCUT2D eigenvalue weighted by molar-refractivity contribution is 1.29. The first-order valence-electron chi connectivity index (χ1n) is 1.54. The SMILES string of the molecule is N=C1C=NN=C1. The highest BCUT2D eigenvalue weighted by molar-refractivity contribution is 6.55. The van der Waals surface area contributed by atoms with Crippen molar-refractivity contribution in [2.75, 3.05) is 0 Å². The summed E-state index contributed by atoms with van der Waals surface area (Å²) in [5, 5.41) is 13.5. The quantitative estimate of drug-likeness (QED) is 0.429. The van der Waals surface area contributed by atoms with Crippen molar-refractivity contribution in [3.05, 3.63) is 0 Å². The molecule has 1 N–H and O–H groups in total. The normalized spacial score (nSPS) is 17.0. The molecule has 0 unspecified atom stereocenters. The first-order chi connectivity index (χ1) is 2.89. The number of hydrogen-bond acceptors (Lipinski definition) is 3.